The zero-order valence-corrected chi connectivity index (χ0v) is 13.0. The van der Waals surface area contributed by atoms with Crippen LogP contribution in [0.2, 0.25) is 0 Å². The van der Waals surface area contributed by atoms with E-state index in [1.165, 1.54) is 12.6 Å². The van der Waals surface area contributed by atoms with E-state index in [1.54, 1.807) is 6.20 Å². The Morgan fingerprint density at radius 2 is 2.35 bits per heavy atom. The predicted molar refractivity (Wildman–Crippen MR) is 81.6 cm³/mol. The summed E-state index contributed by atoms with van der Waals surface area (Å²) in [6.07, 6.45) is 7.12. The Balaban J connectivity index is 2.39. The maximum atomic E-state index is 11.2. The van der Waals surface area contributed by atoms with Gasteiger partial charge in [0.05, 0.1) is 14.9 Å². The Labute approximate surface area is 126 Å². The molecule has 0 amide bonds. The van der Waals surface area contributed by atoms with Crippen LogP contribution in [0.15, 0.2) is 16.9 Å². The number of hydrogen-bond donors (Lipinski definition) is 2. The summed E-state index contributed by atoms with van der Waals surface area (Å²) in [6, 6.07) is 0. The van der Waals surface area contributed by atoms with Crippen LogP contribution in [0.1, 0.15) is 32.6 Å². The molecule has 7 heteroatoms. The van der Waals surface area contributed by atoms with Gasteiger partial charge in [-0.15, -0.1) is 0 Å². The van der Waals surface area contributed by atoms with Gasteiger partial charge in [-0.2, -0.15) is 0 Å². The minimum Gasteiger partial charge on any atom is -0.371 e. The van der Waals surface area contributed by atoms with Gasteiger partial charge in [-0.05, 0) is 34.7 Å². The van der Waals surface area contributed by atoms with Crippen LogP contribution in [0.3, 0.4) is 0 Å². The Bertz CT molecular complexity index is 511. The highest BCUT2D eigenvalue weighted by molar-refractivity contribution is 9.10. The average molecular weight is 343 g/mol. The lowest BCUT2D eigenvalue weighted by molar-refractivity contribution is -0.384. The van der Waals surface area contributed by atoms with Crippen LogP contribution in [-0.2, 0) is 0 Å². The summed E-state index contributed by atoms with van der Waals surface area (Å²) in [4.78, 5) is 14.6. The molecule has 2 atom stereocenters. The lowest BCUT2D eigenvalue weighted by Crippen LogP contribution is -2.52. The molecule has 1 saturated carbocycles. The van der Waals surface area contributed by atoms with E-state index < -0.39 is 4.92 Å². The quantitative estimate of drug-likeness (QED) is 0.647. The van der Waals surface area contributed by atoms with E-state index in [1.807, 2.05) is 0 Å². The number of halogens is 1. The second-order valence-electron chi connectivity index (χ2n) is 5.40. The van der Waals surface area contributed by atoms with Crippen LogP contribution in [0.4, 0.5) is 11.4 Å². The SMILES string of the molecule is CC1CCCCC1(CN)Nc1c(Br)cncc1[N+](=O)[O-]. The minimum atomic E-state index is -0.419. The van der Waals surface area contributed by atoms with Gasteiger partial charge in [-0.1, -0.05) is 19.8 Å². The molecular formula is C13H19BrN4O2. The first-order chi connectivity index (χ1) is 9.50. The smallest absolute Gasteiger partial charge is 0.311 e. The molecular weight excluding hydrogens is 324 g/mol. The molecule has 0 saturated heterocycles. The molecule has 3 N–H and O–H groups in total. The first kappa shape index (κ1) is 15.2. The molecule has 0 radical (unpaired) electrons. The monoisotopic (exact) mass is 342 g/mol. The molecule has 1 aliphatic rings. The summed E-state index contributed by atoms with van der Waals surface area (Å²) in [5, 5.41) is 14.5. The van der Waals surface area contributed by atoms with Gasteiger partial charge in [0.1, 0.15) is 11.9 Å². The Morgan fingerprint density at radius 1 is 1.60 bits per heavy atom. The number of hydrogen-bond acceptors (Lipinski definition) is 5. The van der Waals surface area contributed by atoms with Gasteiger partial charge in [0.15, 0.2) is 0 Å². The van der Waals surface area contributed by atoms with Crippen molar-refractivity contribution in [2.24, 2.45) is 11.7 Å². The largest absolute Gasteiger partial charge is 0.371 e. The van der Waals surface area contributed by atoms with Crippen molar-refractivity contribution in [2.45, 2.75) is 38.1 Å². The number of aromatic nitrogens is 1. The van der Waals surface area contributed by atoms with Gasteiger partial charge in [-0.25, -0.2) is 0 Å². The zero-order chi connectivity index (χ0) is 14.8. The van der Waals surface area contributed by atoms with Crippen LogP contribution in [-0.4, -0.2) is 22.0 Å². The zero-order valence-electron chi connectivity index (χ0n) is 11.4. The molecule has 0 aliphatic heterocycles. The van der Waals surface area contributed by atoms with Crippen molar-refractivity contribution in [2.75, 3.05) is 11.9 Å². The minimum absolute atomic E-state index is 0.0232. The number of nitrogens with zero attached hydrogens (tertiary/aromatic N) is 2. The number of anilines is 1. The fourth-order valence-corrected chi connectivity index (χ4v) is 3.31. The summed E-state index contributed by atoms with van der Waals surface area (Å²) in [5.74, 6) is 0.376. The fraction of sp³-hybridized carbons (Fsp3) is 0.615. The number of nitrogens with two attached hydrogens (primary N) is 1. The second-order valence-corrected chi connectivity index (χ2v) is 6.26. The third-order valence-electron chi connectivity index (χ3n) is 4.27. The van der Waals surface area contributed by atoms with E-state index in [2.05, 4.69) is 33.2 Å². The predicted octanol–water partition coefficient (Wildman–Crippen LogP) is 3.07. The average Bonchev–Trinajstić information content (AvgIpc) is 2.43. The van der Waals surface area contributed by atoms with E-state index in [0.29, 0.717) is 22.6 Å². The van der Waals surface area contributed by atoms with Crippen molar-refractivity contribution in [3.63, 3.8) is 0 Å². The topological polar surface area (TPSA) is 94.1 Å². The Kier molecular flexibility index (Phi) is 4.59. The first-order valence-electron chi connectivity index (χ1n) is 6.76. The van der Waals surface area contributed by atoms with Crippen LogP contribution < -0.4 is 11.1 Å². The van der Waals surface area contributed by atoms with E-state index in [-0.39, 0.29) is 11.2 Å². The van der Waals surface area contributed by atoms with Crippen molar-refractivity contribution in [3.05, 3.63) is 27.0 Å². The van der Waals surface area contributed by atoms with Crippen molar-refractivity contribution >= 4 is 27.3 Å². The highest BCUT2D eigenvalue weighted by atomic mass is 79.9. The molecule has 0 bridgehead atoms. The van der Waals surface area contributed by atoms with Crippen molar-refractivity contribution < 1.29 is 4.92 Å². The van der Waals surface area contributed by atoms with Crippen LogP contribution in [0.25, 0.3) is 0 Å². The normalized spacial score (nSPS) is 26.2. The molecule has 20 heavy (non-hydrogen) atoms. The summed E-state index contributed by atoms with van der Waals surface area (Å²) in [6.45, 7) is 2.61. The molecule has 6 nitrogen and oxygen atoms in total. The van der Waals surface area contributed by atoms with Crippen LogP contribution in [0.5, 0.6) is 0 Å². The molecule has 1 aromatic rings. The number of nitro groups is 1. The molecule has 1 aliphatic carbocycles. The van der Waals surface area contributed by atoms with Crippen molar-refractivity contribution in [3.8, 4) is 0 Å². The van der Waals surface area contributed by atoms with E-state index in [0.717, 1.165) is 19.3 Å². The number of nitrogens with one attached hydrogen (secondary N) is 1. The summed E-state index contributed by atoms with van der Waals surface area (Å²) in [7, 11) is 0. The van der Waals surface area contributed by atoms with Gasteiger partial charge in [0.2, 0.25) is 0 Å². The highest BCUT2D eigenvalue weighted by Gasteiger charge is 2.38. The summed E-state index contributed by atoms with van der Waals surface area (Å²) >= 11 is 3.35. The van der Waals surface area contributed by atoms with Gasteiger partial charge in [0, 0.05) is 12.7 Å². The standard InChI is InChI=1S/C13H19BrN4O2/c1-9-4-2-3-5-13(9,8-15)17-12-10(14)6-16-7-11(12)18(19)20/h6-7,9H,2-5,8,15H2,1H3,(H,16,17). The van der Waals surface area contributed by atoms with Gasteiger partial charge < -0.3 is 11.1 Å². The Hall–Kier alpha value is -1.21. The van der Waals surface area contributed by atoms with Crippen LogP contribution >= 0.6 is 15.9 Å². The highest BCUT2D eigenvalue weighted by Crippen LogP contribution is 2.40. The first-order valence-corrected chi connectivity index (χ1v) is 7.55. The van der Waals surface area contributed by atoms with E-state index >= 15 is 0 Å². The van der Waals surface area contributed by atoms with Crippen molar-refractivity contribution in [1.82, 2.24) is 4.98 Å². The molecule has 1 heterocycles. The van der Waals surface area contributed by atoms with Gasteiger partial charge in [0.25, 0.3) is 0 Å². The molecule has 2 rings (SSSR count). The molecule has 110 valence electrons. The molecule has 1 aromatic heterocycles. The molecule has 0 aromatic carbocycles. The summed E-state index contributed by atoms with van der Waals surface area (Å²) < 4.78 is 0.595. The molecule has 2 unspecified atom stereocenters. The van der Waals surface area contributed by atoms with Gasteiger partial charge >= 0.3 is 5.69 Å². The summed E-state index contributed by atoms with van der Waals surface area (Å²) in [5.41, 5.74) is 6.16. The van der Waals surface area contributed by atoms with E-state index in [9.17, 15) is 10.1 Å². The molecule has 0 spiro atoms. The maximum Gasteiger partial charge on any atom is 0.311 e. The third kappa shape index (κ3) is 2.78. The Morgan fingerprint density at radius 3 is 2.95 bits per heavy atom. The van der Waals surface area contributed by atoms with E-state index in [4.69, 9.17) is 5.73 Å². The lowest BCUT2D eigenvalue weighted by Gasteiger charge is -2.43. The number of rotatable bonds is 4. The fourth-order valence-electron chi connectivity index (χ4n) is 2.89. The maximum absolute atomic E-state index is 11.2. The lowest BCUT2D eigenvalue weighted by atomic mass is 9.73. The van der Waals surface area contributed by atoms with Crippen LogP contribution in [0, 0.1) is 16.0 Å². The molecule has 1 fully saturated rings. The van der Waals surface area contributed by atoms with Crippen molar-refractivity contribution in [1.29, 1.82) is 0 Å². The van der Waals surface area contributed by atoms with Gasteiger partial charge in [-0.3, -0.25) is 15.1 Å². The second kappa shape index (κ2) is 6.05. The number of pyridine rings is 1. The third-order valence-corrected chi connectivity index (χ3v) is 4.87.